The van der Waals surface area contributed by atoms with E-state index in [-0.39, 0.29) is 29.1 Å². The predicted octanol–water partition coefficient (Wildman–Crippen LogP) is 1.81. The average Bonchev–Trinajstić information content (AvgIpc) is 3.01. The standard InChI is InChI=1S/C17H22F2N4O2S/c18-12-8-13(19)15-14(9-12)26-17(21-15)22-16(25)11-2-1-5-23(10-11)6-3-20-4-7-24/h8-9,11,20,24H,1-7,10H2,(H,21,22,25). The summed E-state index contributed by atoms with van der Waals surface area (Å²) < 4.78 is 27.4. The number of anilines is 1. The first-order valence-corrected chi connectivity index (χ1v) is 9.49. The van der Waals surface area contributed by atoms with Crippen molar-refractivity contribution in [2.24, 2.45) is 5.92 Å². The van der Waals surface area contributed by atoms with Gasteiger partial charge in [-0.25, -0.2) is 13.8 Å². The predicted molar refractivity (Wildman–Crippen MR) is 97.3 cm³/mol. The van der Waals surface area contributed by atoms with E-state index in [4.69, 9.17) is 5.11 Å². The second-order valence-electron chi connectivity index (χ2n) is 6.36. The number of piperidine rings is 1. The largest absolute Gasteiger partial charge is 0.395 e. The van der Waals surface area contributed by atoms with Gasteiger partial charge < -0.3 is 20.6 Å². The minimum atomic E-state index is -0.726. The number of amides is 1. The molecule has 0 bridgehead atoms. The first-order chi connectivity index (χ1) is 12.6. The van der Waals surface area contributed by atoms with Crippen LogP contribution in [0.2, 0.25) is 0 Å². The van der Waals surface area contributed by atoms with E-state index in [0.29, 0.717) is 17.8 Å². The highest BCUT2D eigenvalue weighted by Crippen LogP contribution is 2.29. The van der Waals surface area contributed by atoms with Crippen molar-refractivity contribution >= 4 is 32.6 Å². The number of hydrogen-bond acceptors (Lipinski definition) is 6. The van der Waals surface area contributed by atoms with Gasteiger partial charge in [-0.15, -0.1) is 0 Å². The Hall–Kier alpha value is -1.68. The number of fused-ring (bicyclic) bond motifs is 1. The fraction of sp³-hybridized carbons (Fsp3) is 0.529. The highest BCUT2D eigenvalue weighted by atomic mass is 32.1. The van der Waals surface area contributed by atoms with E-state index in [1.165, 1.54) is 6.07 Å². The molecule has 142 valence electrons. The molecule has 9 heteroatoms. The third-order valence-corrected chi connectivity index (χ3v) is 5.33. The number of nitrogens with zero attached hydrogens (tertiary/aromatic N) is 2. The lowest BCUT2D eigenvalue weighted by molar-refractivity contribution is -0.121. The van der Waals surface area contributed by atoms with Crippen LogP contribution in [0.15, 0.2) is 12.1 Å². The molecule has 26 heavy (non-hydrogen) atoms. The fourth-order valence-electron chi connectivity index (χ4n) is 3.13. The summed E-state index contributed by atoms with van der Waals surface area (Å²) in [6.45, 7) is 3.84. The molecular weight excluding hydrogens is 362 g/mol. The van der Waals surface area contributed by atoms with Crippen LogP contribution in [-0.4, -0.2) is 60.2 Å². The summed E-state index contributed by atoms with van der Waals surface area (Å²) in [7, 11) is 0. The maximum Gasteiger partial charge on any atom is 0.230 e. The number of aliphatic hydroxyl groups is 1. The average molecular weight is 384 g/mol. The number of hydrogen-bond donors (Lipinski definition) is 3. The van der Waals surface area contributed by atoms with Crippen molar-refractivity contribution in [2.45, 2.75) is 12.8 Å². The molecule has 1 unspecified atom stereocenters. The number of aliphatic hydroxyl groups excluding tert-OH is 1. The lowest BCUT2D eigenvalue weighted by Gasteiger charge is -2.31. The van der Waals surface area contributed by atoms with Crippen LogP contribution in [0.4, 0.5) is 13.9 Å². The van der Waals surface area contributed by atoms with E-state index < -0.39 is 11.6 Å². The SMILES string of the molecule is O=C(Nc1nc2c(F)cc(F)cc2s1)C1CCCN(CCNCCO)C1. The molecule has 0 saturated carbocycles. The number of thiazole rings is 1. The van der Waals surface area contributed by atoms with Crippen molar-refractivity contribution in [2.75, 3.05) is 44.6 Å². The van der Waals surface area contributed by atoms with Gasteiger partial charge in [-0.2, -0.15) is 0 Å². The molecule has 1 fully saturated rings. The van der Waals surface area contributed by atoms with Gasteiger partial charge in [0.05, 0.1) is 17.2 Å². The summed E-state index contributed by atoms with van der Waals surface area (Å²) in [6.07, 6.45) is 1.72. The van der Waals surface area contributed by atoms with Gasteiger partial charge in [0.25, 0.3) is 0 Å². The fourth-order valence-corrected chi connectivity index (χ4v) is 4.04. The molecule has 2 heterocycles. The van der Waals surface area contributed by atoms with Crippen LogP contribution in [0.25, 0.3) is 10.2 Å². The summed E-state index contributed by atoms with van der Waals surface area (Å²) in [5.74, 6) is -1.68. The molecule has 1 saturated heterocycles. The van der Waals surface area contributed by atoms with Crippen molar-refractivity contribution in [3.8, 4) is 0 Å². The smallest absolute Gasteiger partial charge is 0.230 e. The minimum absolute atomic E-state index is 0.0759. The summed E-state index contributed by atoms with van der Waals surface area (Å²) in [6, 6.07) is 2.00. The van der Waals surface area contributed by atoms with Gasteiger partial charge in [0.2, 0.25) is 5.91 Å². The molecule has 0 aliphatic carbocycles. The van der Waals surface area contributed by atoms with Crippen molar-refractivity contribution < 1.29 is 18.7 Å². The summed E-state index contributed by atoms with van der Waals surface area (Å²) in [5.41, 5.74) is 0.0759. The van der Waals surface area contributed by atoms with Crippen LogP contribution in [0.5, 0.6) is 0 Å². The molecule has 1 aromatic carbocycles. The maximum absolute atomic E-state index is 13.7. The number of likely N-dealkylation sites (tertiary alicyclic amines) is 1. The highest BCUT2D eigenvalue weighted by molar-refractivity contribution is 7.22. The van der Waals surface area contributed by atoms with E-state index in [1.54, 1.807) is 0 Å². The van der Waals surface area contributed by atoms with E-state index in [9.17, 15) is 13.6 Å². The summed E-state index contributed by atoms with van der Waals surface area (Å²) >= 11 is 1.07. The Morgan fingerprint density at radius 1 is 1.38 bits per heavy atom. The molecule has 3 rings (SSSR count). The van der Waals surface area contributed by atoms with Crippen molar-refractivity contribution in [3.63, 3.8) is 0 Å². The second-order valence-corrected chi connectivity index (χ2v) is 7.39. The van der Waals surface area contributed by atoms with Gasteiger partial charge in [0, 0.05) is 32.2 Å². The third kappa shape index (κ3) is 4.73. The second kappa shape index (κ2) is 8.81. The molecule has 2 aromatic rings. The van der Waals surface area contributed by atoms with E-state index in [2.05, 4.69) is 20.5 Å². The highest BCUT2D eigenvalue weighted by Gasteiger charge is 2.26. The van der Waals surface area contributed by atoms with Crippen molar-refractivity contribution in [3.05, 3.63) is 23.8 Å². The molecule has 0 spiro atoms. The van der Waals surface area contributed by atoms with E-state index >= 15 is 0 Å². The lowest BCUT2D eigenvalue weighted by atomic mass is 9.97. The monoisotopic (exact) mass is 384 g/mol. The molecular formula is C17H22F2N4O2S. The molecule has 1 atom stereocenters. The zero-order valence-corrected chi connectivity index (χ0v) is 15.1. The number of benzene rings is 1. The molecule has 0 radical (unpaired) electrons. The number of halogens is 2. The Balaban J connectivity index is 1.58. The Morgan fingerprint density at radius 2 is 2.23 bits per heavy atom. The Kier molecular flexibility index (Phi) is 6.47. The van der Waals surface area contributed by atoms with Crippen LogP contribution >= 0.6 is 11.3 Å². The number of carbonyl (C=O) groups is 1. The van der Waals surface area contributed by atoms with E-state index in [1.807, 2.05) is 0 Å². The normalized spacial score (nSPS) is 18.3. The van der Waals surface area contributed by atoms with Crippen molar-refractivity contribution in [1.82, 2.24) is 15.2 Å². The third-order valence-electron chi connectivity index (χ3n) is 4.41. The quantitative estimate of drug-likeness (QED) is 0.635. The summed E-state index contributed by atoms with van der Waals surface area (Å²) in [4.78, 5) is 18.8. The van der Waals surface area contributed by atoms with Gasteiger partial charge in [-0.3, -0.25) is 4.79 Å². The van der Waals surface area contributed by atoms with Crippen molar-refractivity contribution in [1.29, 1.82) is 0 Å². The van der Waals surface area contributed by atoms with Gasteiger partial charge in [-0.05, 0) is 25.5 Å². The maximum atomic E-state index is 13.7. The van der Waals surface area contributed by atoms with Crippen LogP contribution in [0.1, 0.15) is 12.8 Å². The number of aromatic nitrogens is 1. The molecule has 1 aliphatic rings. The first kappa shape index (κ1) is 19.1. The Morgan fingerprint density at radius 3 is 3.04 bits per heavy atom. The van der Waals surface area contributed by atoms with Gasteiger partial charge >= 0.3 is 0 Å². The molecule has 1 aromatic heterocycles. The van der Waals surface area contributed by atoms with Gasteiger partial charge in [0.1, 0.15) is 11.3 Å². The number of rotatable bonds is 7. The molecule has 1 amide bonds. The van der Waals surface area contributed by atoms with Crippen LogP contribution in [-0.2, 0) is 4.79 Å². The number of carbonyl (C=O) groups excluding carboxylic acids is 1. The molecule has 1 aliphatic heterocycles. The zero-order chi connectivity index (χ0) is 18.5. The first-order valence-electron chi connectivity index (χ1n) is 8.67. The molecule has 6 nitrogen and oxygen atoms in total. The van der Waals surface area contributed by atoms with E-state index in [0.717, 1.165) is 49.9 Å². The van der Waals surface area contributed by atoms with Crippen LogP contribution in [0.3, 0.4) is 0 Å². The zero-order valence-electron chi connectivity index (χ0n) is 14.3. The van der Waals surface area contributed by atoms with Gasteiger partial charge in [0.15, 0.2) is 10.9 Å². The Labute approximate surface area is 154 Å². The molecule has 3 N–H and O–H groups in total. The Bertz CT molecular complexity index is 771. The minimum Gasteiger partial charge on any atom is -0.395 e. The van der Waals surface area contributed by atoms with Gasteiger partial charge in [-0.1, -0.05) is 11.3 Å². The lowest BCUT2D eigenvalue weighted by Crippen LogP contribution is -2.43. The van der Waals surface area contributed by atoms with Crippen LogP contribution < -0.4 is 10.6 Å². The van der Waals surface area contributed by atoms with Crippen LogP contribution in [0, 0.1) is 17.6 Å². The number of nitrogens with one attached hydrogen (secondary N) is 2. The summed E-state index contributed by atoms with van der Waals surface area (Å²) in [5, 5.41) is 14.9. The topological polar surface area (TPSA) is 77.5 Å².